The number of imidazole rings is 1. The summed E-state index contributed by atoms with van der Waals surface area (Å²) >= 11 is 0. The van der Waals surface area contributed by atoms with Crippen LogP contribution in [0.2, 0.25) is 0 Å². The van der Waals surface area contributed by atoms with Gasteiger partial charge in [0.2, 0.25) is 0 Å². The van der Waals surface area contributed by atoms with Gasteiger partial charge in [0, 0.05) is 25.5 Å². The lowest BCUT2D eigenvalue weighted by molar-refractivity contribution is -0.384. The molecule has 2 rings (SSSR count). The van der Waals surface area contributed by atoms with Crippen molar-refractivity contribution in [2.24, 2.45) is 0 Å². The lowest BCUT2D eigenvalue weighted by Crippen LogP contribution is -2.06. The van der Waals surface area contributed by atoms with Gasteiger partial charge in [-0.2, -0.15) is 0 Å². The summed E-state index contributed by atoms with van der Waals surface area (Å²) in [5.74, 6) is -0.609. The molecule has 0 fully saturated rings. The van der Waals surface area contributed by atoms with Crippen LogP contribution in [0.15, 0.2) is 36.9 Å². The first-order valence-corrected chi connectivity index (χ1v) is 6.30. The number of nitro groups is 1. The summed E-state index contributed by atoms with van der Waals surface area (Å²) in [6, 6.07) is 3.53. The molecule has 1 aromatic carbocycles. The van der Waals surface area contributed by atoms with Crippen LogP contribution in [-0.4, -0.2) is 21.0 Å². The molecule has 106 valence electrons. The number of hydrogen-bond donors (Lipinski definition) is 1. The number of aromatic nitrogens is 2. The van der Waals surface area contributed by atoms with Gasteiger partial charge in [-0.15, -0.1) is 0 Å². The van der Waals surface area contributed by atoms with Crippen LogP contribution in [0, 0.1) is 15.9 Å². The second kappa shape index (κ2) is 6.65. The van der Waals surface area contributed by atoms with Gasteiger partial charge in [-0.3, -0.25) is 10.1 Å². The van der Waals surface area contributed by atoms with Crippen LogP contribution >= 0.6 is 0 Å². The first-order valence-electron chi connectivity index (χ1n) is 6.30. The molecule has 0 radical (unpaired) electrons. The summed E-state index contributed by atoms with van der Waals surface area (Å²) in [4.78, 5) is 14.2. The van der Waals surface area contributed by atoms with Crippen molar-refractivity contribution in [2.75, 3.05) is 11.9 Å². The average molecular weight is 278 g/mol. The SMILES string of the molecule is O=[N+]([O-])c1cc(F)ccc1NCCCCn1ccnc1. The molecule has 0 bridgehead atoms. The maximum Gasteiger partial charge on any atom is 0.295 e. The first-order chi connectivity index (χ1) is 9.66. The summed E-state index contributed by atoms with van der Waals surface area (Å²) in [6.45, 7) is 1.45. The van der Waals surface area contributed by atoms with Crippen LogP contribution in [0.25, 0.3) is 0 Å². The zero-order valence-electron chi connectivity index (χ0n) is 10.8. The summed E-state index contributed by atoms with van der Waals surface area (Å²) in [5.41, 5.74) is 0.110. The van der Waals surface area contributed by atoms with E-state index in [0.717, 1.165) is 25.5 Å². The van der Waals surface area contributed by atoms with E-state index >= 15 is 0 Å². The van der Waals surface area contributed by atoms with Crippen molar-refractivity contribution in [3.05, 3.63) is 52.9 Å². The van der Waals surface area contributed by atoms with Crippen molar-refractivity contribution in [3.63, 3.8) is 0 Å². The molecule has 1 N–H and O–H groups in total. The topological polar surface area (TPSA) is 73.0 Å². The first kappa shape index (κ1) is 14.0. The van der Waals surface area contributed by atoms with E-state index in [-0.39, 0.29) is 5.69 Å². The molecule has 0 saturated heterocycles. The molecule has 2 aromatic rings. The Hall–Kier alpha value is -2.44. The lowest BCUT2D eigenvalue weighted by atomic mass is 10.2. The maximum atomic E-state index is 13.0. The molecule has 0 saturated carbocycles. The normalized spacial score (nSPS) is 10.4. The van der Waals surface area contributed by atoms with Gasteiger partial charge < -0.3 is 9.88 Å². The van der Waals surface area contributed by atoms with Crippen molar-refractivity contribution in [3.8, 4) is 0 Å². The van der Waals surface area contributed by atoms with Crippen LogP contribution < -0.4 is 5.32 Å². The third kappa shape index (κ3) is 3.78. The Kier molecular flexibility index (Phi) is 4.65. The molecule has 0 spiro atoms. The van der Waals surface area contributed by atoms with E-state index in [0.29, 0.717) is 12.2 Å². The second-order valence-corrected chi connectivity index (χ2v) is 4.35. The van der Waals surface area contributed by atoms with E-state index in [1.54, 1.807) is 12.5 Å². The summed E-state index contributed by atoms with van der Waals surface area (Å²) in [6.07, 6.45) is 7.14. The lowest BCUT2D eigenvalue weighted by Gasteiger charge is -2.07. The molecule has 0 aliphatic carbocycles. The Morgan fingerprint density at radius 2 is 2.25 bits per heavy atom. The van der Waals surface area contributed by atoms with E-state index in [2.05, 4.69) is 10.3 Å². The van der Waals surface area contributed by atoms with Crippen molar-refractivity contribution >= 4 is 11.4 Å². The number of nitro benzene ring substituents is 1. The van der Waals surface area contributed by atoms with Crippen LogP contribution in [0.4, 0.5) is 15.8 Å². The molecule has 1 heterocycles. The number of aryl methyl sites for hydroxylation is 1. The molecule has 0 amide bonds. The molecule has 7 heteroatoms. The fourth-order valence-electron chi connectivity index (χ4n) is 1.87. The Labute approximate surface area is 115 Å². The van der Waals surface area contributed by atoms with Gasteiger partial charge in [0.25, 0.3) is 5.69 Å². The minimum atomic E-state index is -0.609. The Morgan fingerprint density at radius 1 is 1.40 bits per heavy atom. The summed E-state index contributed by atoms with van der Waals surface area (Å²) in [7, 11) is 0. The van der Waals surface area contributed by atoms with Gasteiger partial charge in [-0.1, -0.05) is 0 Å². The smallest absolute Gasteiger partial charge is 0.295 e. The van der Waals surface area contributed by atoms with Crippen LogP contribution in [0.1, 0.15) is 12.8 Å². The highest BCUT2D eigenvalue weighted by atomic mass is 19.1. The fraction of sp³-hybridized carbons (Fsp3) is 0.308. The molecule has 0 aliphatic heterocycles. The Morgan fingerprint density at radius 3 is 2.95 bits per heavy atom. The number of nitrogens with one attached hydrogen (secondary N) is 1. The highest BCUT2D eigenvalue weighted by molar-refractivity contribution is 5.61. The molecule has 0 unspecified atom stereocenters. The van der Waals surface area contributed by atoms with Crippen molar-refractivity contribution in [1.82, 2.24) is 9.55 Å². The van der Waals surface area contributed by atoms with Crippen LogP contribution in [-0.2, 0) is 6.54 Å². The second-order valence-electron chi connectivity index (χ2n) is 4.35. The number of unbranched alkanes of at least 4 members (excludes halogenated alkanes) is 1. The van der Waals surface area contributed by atoms with Gasteiger partial charge in [0.05, 0.1) is 17.3 Å². The predicted octanol–water partition coefficient (Wildman–Crippen LogP) is 2.82. The van der Waals surface area contributed by atoms with Crippen molar-refractivity contribution in [2.45, 2.75) is 19.4 Å². The van der Waals surface area contributed by atoms with Gasteiger partial charge in [-0.25, -0.2) is 9.37 Å². The largest absolute Gasteiger partial charge is 0.379 e. The number of benzene rings is 1. The third-order valence-electron chi connectivity index (χ3n) is 2.87. The molecular formula is C13H15FN4O2. The highest BCUT2D eigenvalue weighted by Gasteiger charge is 2.14. The zero-order valence-corrected chi connectivity index (χ0v) is 10.8. The van der Waals surface area contributed by atoms with Gasteiger partial charge in [0.15, 0.2) is 0 Å². The van der Waals surface area contributed by atoms with Gasteiger partial charge in [-0.05, 0) is 25.0 Å². The van der Waals surface area contributed by atoms with Gasteiger partial charge in [0.1, 0.15) is 11.5 Å². The number of hydrogen-bond acceptors (Lipinski definition) is 4. The predicted molar refractivity (Wildman–Crippen MR) is 73.0 cm³/mol. The van der Waals surface area contributed by atoms with Crippen LogP contribution in [0.3, 0.4) is 0 Å². The number of halogens is 1. The van der Waals surface area contributed by atoms with Crippen molar-refractivity contribution in [1.29, 1.82) is 0 Å². The third-order valence-corrected chi connectivity index (χ3v) is 2.87. The van der Waals surface area contributed by atoms with E-state index in [4.69, 9.17) is 0 Å². The van der Waals surface area contributed by atoms with E-state index in [1.807, 2.05) is 10.8 Å². The molecule has 0 atom stereocenters. The number of nitrogens with zero attached hydrogens (tertiary/aromatic N) is 3. The van der Waals surface area contributed by atoms with E-state index < -0.39 is 10.7 Å². The number of anilines is 1. The minimum Gasteiger partial charge on any atom is -0.379 e. The van der Waals surface area contributed by atoms with Gasteiger partial charge >= 0.3 is 0 Å². The quantitative estimate of drug-likeness (QED) is 0.480. The van der Waals surface area contributed by atoms with E-state index in [9.17, 15) is 14.5 Å². The fourth-order valence-corrected chi connectivity index (χ4v) is 1.87. The summed E-state index contributed by atoms with van der Waals surface area (Å²) < 4.78 is 14.9. The Balaban J connectivity index is 1.80. The highest BCUT2D eigenvalue weighted by Crippen LogP contribution is 2.24. The van der Waals surface area contributed by atoms with Crippen LogP contribution in [0.5, 0.6) is 0 Å². The standard InChI is InChI=1S/C13H15FN4O2/c14-11-3-4-12(13(9-11)18(19)20)16-5-1-2-7-17-8-6-15-10-17/h3-4,6,8-10,16H,1-2,5,7H2. The molecule has 1 aromatic heterocycles. The minimum absolute atomic E-state index is 0.236. The maximum absolute atomic E-state index is 13.0. The molecule has 0 aliphatic rings. The van der Waals surface area contributed by atoms with Crippen molar-refractivity contribution < 1.29 is 9.31 Å². The molecule has 6 nitrogen and oxygen atoms in total. The average Bonchev–Trinajstić information content (AvgIpc) is 2.92. The molecular weight excluding hydrogens is 263 g/mol. The Bertz CT molecular complexity index is 572. The monoisotopic (exact) mass is 278 g/mol. The summed E-state index contributed by atoms with van der Waals surface area (Å²) in [5, 5.41) is 13.8. The molecule has 20 heavy (non-hydrogen) atoms. The zero-order chi connectivity index (χ0) is 14.4. The number of rotatable bonds is 7. The van der Waals surface area contributed by atoms with E-state index in [1.165, 1.54) is 12.1 Å².